The predicted molar refractivity (Wildman–Crippen MR) is 163 cm³/mol. The van der Waals surface area contributed by atoms with Crippen LogP contribution in [0.2, 0.25) is 0 Å². The van der Waals surface area contributed by atoms with Crippen molar-refractivity contribution in [1.29, 1.82) is 0 Å². The van der Waals surface area contributed by atoms with Crippen molar-refractivity contribution in [3.63, 3.8) is 0 Å². The first-order chi connectivity index (χ1) is 20.6. The Labute approximate surface area is 252 Å². The standard InChI is InChI=1S/C33H39N3O7/c1-33(2,3)43-32(40)36-28(17-11-12-20-34-31(39)42-22-23-13-7-5-8-14-23)29(37)35-25-18-19-26(30(38)41-4)27(21-25)24-15-9-6-10-16-24/h5-10,13-16,18-19,21,28H,11-12,17,20,22H2,1-4H3,(H,34,39)(H,35,37)(H,36,40). The summed E-state index contributed by atoms with van der Waals surface area (Å²) < 4.78 is 15.5. The molecule has 0 aromatic heterocycles. The zero-order valence-corrected chi connectivity index (χ0v) is 25.0. The molecular formula is C33H39N3O7. The summed E-state index contributed by atoms with van der Waals surface area (Å²) in [7, 11) is 1.31. The minimum absolute atomic E-state index is 0.168. The maximum absolute atomic E-state index is 13.4. The second-order valence-corrected chi connectivity index (χ2v) is 10.8. The van der Waals surface area contributed by atoms with Crippen molar-refractivity contribution < 1.29 is 33.4 Å². The number of benzene rings is 3. The van der Waals surface area contributed by atoms with E-state index in [0.29, 0.717) is 36.2 Å². The SMILES string of the molecule is COC(=O)c1ccc(NC(=O)C(CCCCNC(=O)OCc2ccccc2)NC(=O)OC(C)(C)C)cc1-c1ccccc1. The van der Waals surface area contributed by atoms with E-state index in [2.05, 4.69) is 16.0 Å². The number of methoxy groups -OCH3 is 1. The average molecular weight is 590 g/mol. The number of hydrogen-bond acceptors (Lipinski definition) is 7. The van der Waals surface area contributed by atoms with Crippen LogP contribution in [-0.2, 0) is 25.6 Å². The Kier molecular flexibility index (Phi) is 12.1. The molecule has 0 aliphatic rings. The molecule has 0 aliphatic heterocycles. The van der Waals surface area contributed by atoms with Gasteiger partial charge in [0.2, 0.25) is 5.91 Å². The lowest BCUT2D eigenvalue weighted by atomic mass is 9.98. The third-order valence-corrected chi connectivity index (χ3v) is 6.19. The molecule has 0 bridgehead atoms. The smallest absolute Gasteiger partial charge is 0.408 e. The zero-order chi connectivity index (χ0) is 31.2. The van der Waals surface area contributed by atoms with E-state index >= 15 is 0 Å². The number of nitrogens with one attached hydrogen (secondary N) is 3. The maximum atomic E-state index is 13.4. The summed E-state index contributed by atoms with van der Waals surface area (Å²) in [4.78, 5) is 50.3. The fraction of sp³-hybridized carbons (Fsp3) is 0.333. The highest BCUT2D eigenvalue weighted by molar-refractivity contribution is 6.01. The molecule has 0 heterocycles. The highest BCUT2D eigenvalue weighted by atomic mass is 16.6. The van der Waals surface area contributed by atoms with Crippen LogP contribution in [0.25, 0.3) is 11.1 Å². The normalized spacial score (nSPS) is 11.5. The Hall–Kier alpha value is -4.86. The first-order valence-electron chi connectivity index (χ1n) is 14.1. The number of hydrogen-bond donors (Lipinski definition) is 3. The van der Waals surface area contributed by atoms with E-state index in [1.54, 1.807) is 39.0 Å². The molecule has 1 unspecified atom stereocenters. The molecule has 228 valence electrons. The summed E-state index contributed by atoms with van der Waals surface area (Å²) >= 11 is 0. The van der Waals surface area contributed by atoms with E-state index in [4.69, 9.17) is 14.2 Å². The third kappa shape index (κ3) is 11.1. The fourth-order valence-electron chi connectivity index (χ4n) is 4.15. The van der Waals surface area contributed by atoms with Gasteiger partial charge in [0, 0.05) is 12.2 Å². The molecule has 3 aromatic carbocycles. The molecule has 0 radical (unpaired) electrons. The molecule has 0 aliphatic carbocycles. The Balaban J connectivity index is 1.63. The van der Waals surface area contributed by atoms with Gasteiger partial charge in [-0.1, -0.05) is 60.7 Å². The van der Waals surface area contributed by atoms with Gasteiger partial charge in [-0.15, -0.1) is 0 Å². The van der Waals surface area contributed by atoms with Gasteiger partial charge in [0.15, 0.2) is 0 Å². The largest absolute Gasteiger partial charge is 0.465 e. The van der Waals surface area contributed by atoms with Gasteiger partial charge in [-0.2, -0.15) is 0 Å². The van der Waals surface area contributed by atoms with Crippen molar-refractivity contribution in [2.75, 3.05) is 19.0 Å². The van der Waals surface area contributed by atoms with E-state index < -0.39 is 35.7 Å². The second-order valence-electron chi connectivity index (χ2n) is 10.8. The molecule has 0 spiro atoms. The van der Waals surface area contributed by atoms with Crippen molar-refractivity contribution in [1.82, 2.24) is 10.6 Å². The molecule has 1 atom stereocenters. The molecule has 43 heavy (non-hydrogen) atoms. The van der Waals surface area contributed by atoms with Gasteiger partial charge in [-0.05, 0) is 74.9 Å². The maximum Gasteiger partial charge on any atom is 0.408 e. The molecule has 0 saturated heterocycles. The fourth-order valence-corrected chi connectivity index (χ4v) is 4.15. The summed E-state index contributed by atoms with van der Waals surface area (Å²) in [6.45, 7) is 5.71. The van der Waals surface area contributed by atoms with Crippen LogP contribution in [0.15, 0.2) is 78.9 Å². The van der Waals surface area contributed by atoms with Gasteiger partial charge < -0.3 is 30.2 Å². The van der Waals surface area contributed by atoms with Crippen molar-refractivity contribution >= 4 is 29.8 Å². The van der Waals surface area contributed by atoms with E-state index in [1.165, 1.54) is 7.11 Å². The summed E-state index contributed by atoms with van der Waals surface area (Å²) in [5, 5.41) is 8.20. The Morgan fingerprint density at radius 1 is 0.837 bits per heavy atom. The topological polar surface area (TPSA) is 132 Å². The molecule has 0 saturated carbocycles. The number of carbonyl (C=O) groups excluding carboxylic acids is 4. The van der Waals surface area contributed by atoms with Gasteiger partial charge in [-0.25, -0.2) is 14.4 Å². The number of rotatable bonds is 12. The number of unbranched alkanes of at least 4 members (excludes halogenated alkanes) is 1. The lowest BCUT2D eigenvalue weighted by Crippen LogP contribution is -2.45. The molecule has 3 N–H and O–H groups in total. The quantitative estimate of drug-likeness (QED) is 0.133. The molecule has 3 aromatic rings. The van der Waals surface area contributed by atoms with E-state index in [1.807, 2.05) is 60.7 Å². The van der Waals surface area contributed by atoms with Gasteiger partial charge in [0.25, 0.3) is 0 Å². The highest BCUT2D eigenvalue weighted by Gasteiger charge is 2.25. The first kappa shape index (κ1) is 32.7. The number of anilines is 1. The number of alkyl carbamates (subject to hydrolysis) is 2. The lowest BCUT2D eigenvalue weighted by molar-refractivity contribution is -0.118. The summed E-state index contributed by atoms with van der Waals surface area (Å²) in [5.41, 5.74) is 2.30. The first-order valence-corrected chi connectivity index (χ1v) is 14.1. The molecule has 3 rings (SSSR count). The average Bonchev–Trinajstić information content (AvgIpc) is 2.98. The third-order valence-electron chi connectivity index (χ3n) is 6.19. The van der Waals surface area contributed by atoms with Crippen molar-refractivity contribution in [3.8, 4) is 11.1 Å². The van der Waals surface area contributed by atoms with Gasteiger partial charge in [0.05, 0.1) is 12.7 Å². The number of amides is 3. The van der Waals surface area contributed by atoms with Crippen molar-refractivity contribution in [2.24, 2.45) is 0 Å². The lowest BCUT2D eigenvalue weighted by Gasteiger charge is -2.23. The predicted octanol–water partition coefficient (Wildman–Crippen LogP) is 6.07. The van der Waals surface area contributed by atoms with Crippen molar-refractivity contribution in [2.45, 2.75) is 58.3 Å². The minimum Gasteiger partial charge on any atom is -0.465 e. The Morgan fingerprint density at radius 3 is 2.16 bits per heavy atom. The van der Waals surface area contributed by atoms with E-state index in [-0.39, 0.29) is 13.0 Å². The van der Waals surface area contributed by atoms with Crippen LogP contribution in [0.3, 0.4) is 0 Å². The number of ether oxygens (including phenoxy) is 3. The van der Waals surface area contributed by atoms with Gasteiger partial charge >= 0.3 is 18.2 Å². The van der Waals surface area contributed by atoms with Crippen LogP contribution >= 0.6 is 0 Å². The molecular weight excluding hydrogens is 550 g/mol. The Bertz CT molecular complexity index is 1370. The highest BCUT2D eigenvalue weighted by Crippen LogP contribution is 2.28. The minimum atomic E-state index is -0.916. The van der Waals surface area contributed by atoms with Gasteiger partial charge in [0.1, 0.15) is 18.2 Å². The van der Waals surface area contributed by atoms with E-state index in [9.17, 15) is 19.2 Å². The molecule has 10 nitrogen and oxygen atoms in total. The number of esters is 1. The second kappa shape index (κ2) is 16.0. The van der Waals surface area contributed by atoms with Gasteiger partial charge in [-0.3, -0.25) is 4.79 Å². The molecule has 3 amide bonds. The molecule has 0 fully saturated rings. The van der Waals surface area contributed by atoms with Crippen LogP contribution in [0.1, 0.15) is 56.0 Å². The van der Waals surface area contributed by atoms with Crippen LogP contribution < -0.4 is 16.0 Å². The summed E-state index contributed by atoms with van der Waals surface area (Å²) in [6, 6.07) is 22.6. The van der Waals surface area contributed by atoms with Crippen LogP contribution in [0.4, 0.5) is 15.3 Å². The summed E-state index contributed by atoms with van der Waals surface area (Å²) in [6.07, 6.45) is 0.101. The van der Waals surface area contributed by atoms with Crippen molar-refractivity contribution in [3.05, 3.63) is 90.0 Å². The van der Waals surface area contributed by atoms with Crippen LogP contribution in [0, 0.1) is 0 Å². The van der Waals surface area contributed by atoms with Crippen LogP contribution in [0.5, 0.6) is 0 Å². The zero-order valence-electron chi connectivity index (χ0n) is 25.0. The Morgan fingerprint density at radius 2 is 1.51 bits per heavy atom. The van der Waals surface area contributed by atoms with E-state index in [0.717, 1.165) is 11.1 Å². The van der Waals surface area contributed by atoms with Crippen LogP contribution in [-0.4, -0.2) is 49.4 Å². The molecule has 10 heteroatoms. The summed E-state index contributed by atoms with van der Waals surface area (Å²) in [5.74, 6) is -0.954. The number of carbonyl (C=O) groups is 4. The monoisotopic (exact) mass is 589 g/mol.